The summed E-state index contributed by atoms with van der Waals surface area (Å²) in [5.41, 5.74) is 2.21. The molecule has 0 unspecified atom stereocenters. The number of hydrogen-bond donors (Lipinski definition) is 2. The van der Waals surface area contributed by atoms with Gasteiger partial charge in [-0.05, 0) is 25.0 Å². The molecule has 0 amide bonds. The summed E-state index contributed by atoms with van der Waals surface area (Å²) in [5, 5.41) is 17.4. The predicted octanol–water partition coefficient (Wildman–Crippen LogP) is 2.76. The molecule has 1 aromatic heterocycles. The van der Waals surface area contributed by atoms with Gasteiger partial charge in [0.1, 0.15) is 0 Å². The number of aliphatic hydroxyl groups excluding tert-OH is 1. The van der Waals surface area contributed by atoms with Crippen LogP contribution in [0.15, 0.2) is 42.7 Å². The van der Waals surface area contributed by atoms with E-state index in [1.807, 2.05) is 47.4 Å². The number of nitrogens with zero attached hydrogens (tertiary/aromatic N) is 2. The molecule has 2 N–H and O–H groups in total. The van der Waals surface area contributed by atoms with Gasteiger partial charge in [0, 0.05) is 36.9 Å². The van der Waals surface area contributed by atoms with Gasteiger partial charge >= 0.3 is 0 Å². The largest absolute Gasteiger partial charge is 0.396 e. The van der Waals surface area contributed by atoms with E-state index in [9.17, 15) is 5.11 Å². The van der Waals surface area contributed by atoms with E-state index in [1.54, 1.807) is 0 Å². The maximum atomic E-state index is 9.57. The van der Waals surface area contributed by atoms with Crippen molar-refractivity contribution >= 4 is 0 Å². The van der Waals surface area contributed by atoms with Crippen LogP contribution in [0.4, 0.5) is 0 Å². The van der Waals surface area contributed by atoms with Gasteiger partial charge in [0.2, 0.25) is 0 Å². The molecule has 0 aliphatic rings. The topological polar surface area (TPSA) is 50.1 Å². The molecule has 1 aromatic carbocycles. The summed E-state index contributed by atoms with van der Waals surface area (Å²) in [6, 6.07) is 10.1. The molecular formula is C17H25N3O. The molecule has 114 valence electrons. The van der Waals surface area contributed by atoms with E-state index >= 15 is 0 Å². The van der Waals surface area contributed by atoms with E-state index in [1.165, 1.54) is 0 Å². The molecule has 0 fully saturated rings. The van der Waals surface area contributed by atoms with Crippen LogP contribution in [0.5, 0.6) is 0 Å². The van der Waals surface area contributed by atoms with Crippen LogP contribution in [0.25, 0.3) is 5.69 Å². The lowest BCUT2D eigenvalue weighted by atomic mass is 9.83. The highest BCUT2D eigenvalue weighted by molar-refractivity contribution is 5.30. The Morgan fingerprint density at radius 1 is 1.19 bits per heavy atom. The molecule has 0 saturated heterocycles. The monoisotopic (exact) mass is 287 g/mol. The van der Waals surface area contributed by atoms with Crippen molar-refractivity contribution in [3.63, 3.8) is 0 Å². The van der Waals surface area contributed by atoms with Crippen LogP contribution in [0.1, 0.15) is 32.3 Å². The molecule has 2 rings (SSSR count). The first-order chi connectivity index (χ1) is 10.2. The summed E-state index contributed by atoms with van der Waals surface area (Å²) < 4.78 is 1.88. The number of aromatic nitrogens is 2. The van der Waals surface area contributed by atoms with Gasteiger partial charge in [0.25, 0.3) is 0 Å². The van der Waals surface area contributed by atoms with Gasteiger partial charge < -0.3 is 10.4 Å². The Kier molecular flexibility index (Phi) is 5.53. The lowest BCUT2D eigenvalue weighted by Gasteiger charge is -2.29. The Bertz CT molecular complexity index is 524. The zero-order chi connectivity index (χ0) is 15.1. The van der Waals surface area contributed by atoms with Crippen molar-refractivity contribution in [3.8, 4) is 5.69 Å². The van der Waals surface area contributed by atoms with E-state index < -0.39 is 0 Å². The first kappa shape index (κ1) is 15.7. The van der Waals surface area contributed by atoms with E-state index in [-0.39, 0.29) is 12.0 Å². The van der Waals surface area contributed by atoms with Gasteiger partial charge in [-0.1, -0.05) is 32.0 Å². The second kappa shape index (κ2) is 7.38. The van der Waals surface area contributed by atoms with Gasteiger partial charge in [0.05, 0.1) is 11.9 Å². The predicted molar refractivity (Wildman–Crippen MR) is 85.4 cm³/mol. The van der Waals surface area contributed by atoms with E-state index in [0.717, 1.165) is 37.2 Å². The standard InChI is InChI=1S/C17H25N3O/c1-3-17(4-2,14-21)13-18-10-15-11-19-20(12-15)16-8-6-5-7-9-16/h5-9,11-12,18,21H,3-4,10,13-14H2,1-2H3. The van der Waals surface area contributed by atoms with Crippen molar-refractivity contribution < 1.29 is 5.11 Å². The number of nitrogens with one attached hydrogen (secondary N) is 1. The van der Waals surface area contributed by atoms with E-state index in [4.69, 9.17) is 0 Å². The summed E-state index contributed by atoms with van der Waals surface area (Å²) in [6.07, 6.45) is 5.89. The first-order valence-electron chi connectivity index (χ1n) is 7.63. The van der Waals surface area contributed by atoms with Crippen LogP contribution in [-0.4, -0.2) is 28.0 Å². The highest BCUT2D eigenvalue weighted by Crippen LogP contribution is 2.24. The molecule has 0 bridgehead atoms. The maximum Gasteiger partial charge on any atom is 0.0645 e. The SMILES string of the molecule is CCC(CC)(CO)CNCc1cnn(-c2ccccc2)c1. The molecule has 4 nitrogen and oxygen atoms in total. The third-order valence-electron chi connectivity index (χ3n) is 4.32. The van der Waals surface area contributed by atoms with Crippen molar-refractivity contribution in [3.05, 3.63) is 48.3 Å². The molecule has 0 aliphatic heterocycles. The summed E-state index contributed by atoms with van der Waals surface area (Å²) >= 11 is 0. The first-order valence-corrected chi connectivity index (χ1v) is 7.63. The Balaban J connectivity index is 1.92. The number of rotatable bonds is 8. The van der Waals surface area contributed by atoms with Crippen molar-refractivity contribution in [1.82, 2.24) is 15.1 Å². The smallest absolute Gasteiger partial charge is 0.0645 e. The van der Waals surface area contributed by atoms with Gasteiger partial charge in [-0.25, -0.2) is 4.68 Å². The second-order valence-electron chi connectivity index (χ2n) is 5.60. The van der Waals surface area contributed by atoms with Gasteiger partial charge in [-0.2, -0.15) is 5.10 Å². The Morgan fingerprint density at radius 3 is 2.52 bits per heavy atom. The zero-order valence-corrected chi connectivity index (χ0v) is 12.9. The van der Waals surface area contributed by atoms with Crippen LogP contribution in [0.2, 0.25) is 0 Å². The molecule has 0 aliphatic carbocycles. The van der Waals surface area contributed by atoms with Crippen molar-refractivity contribution in [1.29, 1.82) is 0 Å². The quantitative estimate of drug-likeness (QED) is 0.785. The van der Waals surface area contributed by atoms with Crippen LogP contribution in [0.3, 0.4) is 0 Å². The molecule has 0 atom stereocenters. The second-order valence-corrected chi connectivity index (χ2v) is 5.60. The number of aliphatic hydroxyl groups is 1. The number of hydrogen-bond acceptors (Lipinski definition) is 3. The molecule has 21 heavy (non-hydrogen) atoms. The van der Waals surface area contributed by atoms with E-state index in [2.05, 4.69) is 24.3 Å². The minimum Gasteiger partial charge on any atom is -0.396 e. The normalized spacial score (nSPS) is 11.8. The Morgan fingerprint density at radius 2 is 1.90 bits per heavy atom. The fourth-order valence-electron chi connectivity index (χ4n) is 2.42. The van der Waals surface area contributed by atoms with Gasteiger partial charge in [-0.15, -0.1) is 0 Å². The van der Waals surface area contributed by atoms with Gasteiger partial charge in [-0.3, -0.25) is 0 Å². The van der Waals surface area contributed by atoms with E-state index in [0.29, 0.717) is 0 Å². The van der Waals surface area contributed by atoms with Crippen molar-refractivity contribution in [2.75, 3.05) is 13.2 Å². The van der Waals surface area contributed by atoms with Gasteiger partial charge in [0.15, 0.2) is 0 Å². The van der Waals surface area contributed by atoms with Crippen LogP contribution in [0, 0.1) is 5.41 Å². The average molecular weight is 287 g/mol. The fraction of sp³-hybridized carbons (Fsp3) is 0.471. The summed E-state index contributed by atoms with van der Waals surface area (Å²) in [6.45, 7) is 6.10. The third-order valence-corrected chi connectivity index (χ3v) is 4.32. The zero-order valence-electron chi connectivity index (χ0n) is 12.9. The Hall–Kier alpha value is -1.65. The lowest BCUT2D eigenvalue weighted by Crippen LogP contribution is -2.36. The minimum atomic E-state index is -0.00454. The molecule has 1 heterocycles. The third kappa shape index (κ3) is 3.93. The number of para-hydroxylation sites is 1. The summed E-state index contributed by atoms with van der Waals surface area (Å²) in [4.78, 5) is 0. The van der Waals surface area contributed by atoms with Crippen LogP contribution >= 0.6 is 0 Å². The average Bonchev–Trinajstić information content (AvgIpc) is 3.02. The summed E-state index contributed by atoms with van der Waals surface area (Å²) in [7, 11) is 0. The number of benzene rings is 1. The molecule has 0 spiro atoms. The highest BCUT2D eigenvalue weighted by atomic mass is 16.3. The molecular weight excluding hydrogens is 262 g/mol. The molecule has 2 aromatic rings. The van der Waals surface area contributed by atoms with Crippen molar-refractivity contribution in [2.24, 2.45) is 5.41 Å². The molecule has 0 radical (unpaired) electrons. The fourth-order valence-corrected chi connectivity index (χ4v) is 2.42. The molecule has 0 saturated carbocycles. The Labute approximate surface area is 126 Å². The van der Waals surface area contributed by atoms with Crippen LogP contribution in [-0.2, 0) is 6.54 Å². The molecule has 4 heteroatoms. The minimum absolute atomic E-state index is 0.00454. The lowest BCUT2D eigenvalue weighted by molar-refractivity contribution is 0.113. The summed E-state index contributed by atoms with van der Waals surface area (Å²) in [5.74, 6) is 0. The highest BCUT2D eigenvalue weighted by Gasteiger charge is 2.24. The van der Waals surface area contributed by atoms with Crippen molar-refractivity contribution in [2.45, 2.75) is 33.2 Å². The maximum absolute atomic E-state index is 9.57. The van der Waals surface area contributed by atoms with Crippen LogP contribution < -0.4 is 5.32 Å².